The van der Waals surface area contributed by atoms with Crippen LogP contribution in [-0.2, 0) is 23.1 Å². The number of carbonyl (C=O) groups excluding carboxylic acids is 1. The van der Waals surface area contributed by atoms with E-state index in [1.54, 1.807) is 12.1 Å². The van der Waals surface area contributed by atoms with E-state index in [9.17, 15) is 14.1 Å². The molecule has 0 radical (unpaired) electrons. The van der Waals surface area contributed by atoms with Crippen molar-refractivity contribution in [3.05, 3.63) is 82.9 Å². The Balaban J connectivity index is 2.02. The monoisotopic (exact) mass is 522 g/mol. The molecule has 0 fully saturated rings. The molecular formula is C29H38N4O3S. The fourth-order valence-electron chi connectivity index (χ4n) is 4.30. The summed E-state index contributed by atoms with van der Waals surface area (Å²) in [6, 6.07) is 18.0. The molecule has 0 saturated carbocycles. The molecule has 0 bridgehead atoms. The smallest absolute Gasteiger partial charge is 0.354 e. The predicted molar refractivity (Wildman–Crippen MR) is 152 cm³/mol. The van der Waals surface area contributed by atoms with Crippen LogP contribution in [0, 0.1) is 0 Å². The summed E-state index contributed by atoms with van der Waals surface area (Å²) in [6.45, 7) is 8.87. The molecule has 0 aliphatic heterocycles. The molecule has 1 unspecified atom stereocenters. The second-order valence-corrected chi connectivity index (χ2v) is 11.9. The van der Waals surface area contributed by atoms with Gasteiger partial charge in [-0.1, -0.05) is 64.1 Å². The lowest BCUT2D eigenvalue weighted by Gasteiger charge is -2.22. The van der Waals surface area contributed by atoms with Crippen LogP contribution in [0.4, 0.5) is 10.5 Å². The Morgan fingerprint density at radius 2 is 1.57 bits per heavy atom. The minimum absolute atomic E-state index is 0.0669. The largest absolute Gasteiger partial charge is 0.392 e. The lowest BCUT2D eigenvalue weighted by atomic mass is 9.87. The average molecular weight is 523 g/mol. The van der Waals surface area contributed by atoms with Gasteiger partial charge in [0.15, 0.2) is 0 Å². The van der Waals surface area contributed by atoms with Crippen LogP contribution < -0.4 is 10.5 Å². The van der Waals surface area contributed by atoms with Gasteiger partial charge in [-0.15, -0.1) is 4.36 Å². The number of amides is 2. The summed E-state index contributed by atoms with van der Waals surface area (Å²) in [7, 11) is 0.504. The molecule has 2 amide bonds. The number of nitrogens with zero attached hydrogens (tertiary/aromatic N) is 2. The molecule has 0 aliphatic carbocycles. The van der Waals surface area contributed by atoms with Crippen molar-refractivity contribution in [2.24, 2.45) is 9.50 Å². The van der Waals surface area contributed by atoms with Crippen LogP contribution in [-0.4, -0.2) is 34.3 Å². The molecule has 8 heteroatoms. The summed E-state index contributed by atoms with van der Waals surface area (Å²) in [5.41, 5.74) is 6.28. The van der Waals surface area contributed by atoms with Gasteiger partial charge in [-0.3, -0.25) is 0 Å². The number of anilines is 1. The van der Waals surface area contributed by atoms with E-state index in [0.717, 1.165) is 39.9 Å². The summed E-state index contributed by atoms with van der Waals surface area (Å²) in [4.78, 5) is 15.4. The molecule has 0 heterocycles. The molecule has 4 N–H and O–H groups in total. The SMILES string of the molecule is CC(C)c1cc(-c2ccccc2CO)cc(C(C)C)c1NC(=O)N=S(N)(=O)c1ccc(CN(C)C)cc1. The van der Waals surface area contributed by atoms with Crippen molar-refractivity contribution in [3.8, 4) is 11.1 Å². The topological polar surface area (TPSA) is 108 Å². The summed E-state index contributed by atoms with van der Waals surface area (Å²) in [5, 5.41) is 18.8. The normalized spacial score (nSPS) is 13.2. The number of nitrogens with two attached hydrogens (primary N) is 1. The van der Waals surface area contributed by atoms with Crippen molar-refractivity contribution in [1.29, 1.82) is 0 Å². The van der Waals surface area contributed by atoms with Gasteiger partial charge < -0.3 is 15.3 Å². The molecule has 0 aromatic heterocycles. The maximum atomic E-state index is 13.2. The third-order valence-corrected chi connectivity index (χ3v) is 7.54. The fraction of sp³-hybridized carbons (Fsp3) is 0.345. The van der Waals surface area contributed by atoms with Crippen molar-refractivity contribution in [3.63, 3.8) is 0 Å². The molecule has 7 nitrogen and oxygen atoms in total. The first-order chi connectivity index (χ1) is 17.4. The molecule has 198 valence electrons. The Bertz CT molecular complexity index is 1340. The second-order valence-electron chi connectivity index (χ2n) is 10.1. The fourth-order valence-corrected chi connectivity index (χ4v) is 5.22. The first-order valence-electron chi connectivity index (χ1n) is 12.4. The van der Waals surface area contributed by atoms with E-state index in [-0.39, 0.29) is 18.4 Å². The van der Waals surface area contributed by atoms with Gasteiger partial charge in [0.05, 0.1) is 11.5 Å². The van der Waals surface area contributed by atoms with E-state index in [1.807, 2.05) is 67.5 Å². The van der Waals surface area contributed by atoms with E-state index in [2.05, 4.69) is 37.4 Å². The van der Waals surface area contributed by atoms with Crippen molar-refractivity contribution in [2.45, 2.75) is 57.6 Å². The first kappa shape index (κ1) is 28.5. The number of hydrogen-bond donors (Lipinski definition) is 3. The summed E-state index contributed by atoms with van der Waals surface area (Å²) in [6.07, 6.45) is 0. The van der Waals surface area contributed by atoms with E-state index in [0.29, 0.717) is 10.6 Å². The van der Waals surface area contributed by atoms with Crippen LogP contribution in [0.15, 0.2) is 69.9 Å². The molecule has 0 saturated heterocycles. The van der Waals surface area contributed by atoms with Crippen molar-refractivity contribution < 1.29 is 14.1 Å². The Labute approximate surface area is 221 Å². The second kappa shape index (κ2) is 12.0. The highest BCUT2D eigenvalue weighted by atomic mass is 32.2. The Morgan fingerprint density at radius 3 is 2.08 bits per heavy atom. The lowest BCUT2D eigenvalue weighted by molar-refractivity contribution is 0.260. The van der Waals surface area contributed by atoms with Gasteiger partial charge in [-0.2, -0.15) is 0 Å². The van der Waals surface area contributed by atoms with E-state index in [1.165, 1.54) is 0 Å². The number of nitrogens with one attached hydrogen (secondary N) is 1. The zero-order valence-electron chi connectivity index (χ0n) is 22.5. The summed E-state index contributed by atoms with van der Waals surface area (Å²) in [5.74, 6) is 0.168. The molecule has 37 heavy (non-hydrogen) atoms. The standard InChI is InChI=1S/C29H38N4O3S/c1-19(2)26-15-23(25-10-8-7-9-22(25)18-34)16-27(20(3)4)28(26)31-29(35)32-37(30,36)24-13-11-21(12-14-24)17-33(5)6/h7-16,19-20,34H,17-18H2,1-6H3,(H3,30,31,32,35,36). The van der Waals surface area contributed by atoms with Crippen LogP contribution in [0.5, 0.6) is 0 Å². The zero-order valence-corrected chi connectivity index (χ0v) is 23.3. The van der Waals surface area contributed by atoms with Crippen LogP contribution in [0.3, 0.4) is 0 Å². The van der Waals surface area contributed by atoms with Gasteiger partial charge >= 0.3 is 6.03 Å². The van der Waals surface area contributed by atoms with Crippen molar-refractivity contribution in [2.75, 3.05) is 19.4 Å². The third kappa shape index (κ3) is 7.05. The number of hydrogen-bond acceptors (Lipinski definition) is 4. The zero-order chi connectivity index (χ0) is 27.3. The number of benzene rings is 3. The number of urea groups is 1. The van der Waals surface area contributed by atoms with Gasteiger partial charge in [0.1, 0.15) is 9.92 Å². The number of aliphatic hydroxyl groups is 1. The summed E-state index contributed by atoms with van der Waals surface area (Å²) < 4.78 is 17.1. The van der Waals surface area contributed by atoms with Crippen LogP contribution in [0.1, 0.15) is 61.8 Å². The van der Waals surface area contributed by atoms with Crippen molar-refractivity contribution >= 4 is 21.6 Å². The molecule has 3 aromatic rings. The Morgan fingerprint density at radius 1 is 1.00 bits per heavy atom. The minimum Gasteiger partial charge on any atom is -0.392 e. The predicted octanol–water partition coefficient (Wildman–Crippen LogP) is 6.09. The average Bonchev–Trinajstić information content (AvgIpc) is 2.83. The number of aliphatic hydroxyl groups excluding tert-OH is 1. The highest BCUT2D eigenvalue weighted by molar-refractivity contribution is 7.91. The highest BCUT2D eigenvalue weighted by Gasteiger charge is 2.20. The van der Waals surface area contributed by atoms with Gasteiger partial charge in [0, 0.05) is 12.2 Å². The molecule has 0 spiro atoms. The maximum absolute atomic E-state index is 13.2. The number of carbonyl (C=O) groups is 1. The quantitative estimate of drug-likeness (QED) is 0.333. The molecule has 1 atom stereocenters. The van der Waals surface area contributed by atoms with E-state index < -0.39 is 15.9 Å². The van der Waals surface area contributed by atoms with Crippen LogP contribution >= 0.6 is 0 Å². The Hall–Kier alpha value is -3.04. The maximum Gasteiger partial charge on any atom is 0.354 e. The molecule has 0 aliphatic rings. The lowest BCUT2D eigenvalue weighted by Crippen LogP contribution is -2.19. The van der Waals surface area contributed by atoms with Gasteiger partial charge in [0.25, 0.3) is 0 Å². The van der Waals surface area contributed by atoms with Gasteiger partial charge in [0.2, 0.25) is 0 Å². The third-order valence-electron chi connectivity index (χ3n) is 6.15. The Kier molecular flexibility index (Phi) is 9.26. The van der Waals surface area contributed by atoms with Crippen LogP contribution in [0.25, 0.3) is 11.1 Å². The molecule has 3 aromatic carbocycles. The number of rotatable bonds is 8. The van der Waals surface area contributed by atoms with Crippen molar-refractivity contribution in [1.82, 2.24) is 4.90 Å². The summed E-state index contributed by atoms with van der Waals surface area (Å²) >= 11 is 0. The van der Waals surface area contributed by atoms with E-state index in [4.69, 9.17) is 5.14 Å². The first-order valence-corrected chi connectivity index (χ1v) is 14.0. The minimum atomic E-state index is -3.43. The molecule has 3 rings (SSSR count). The van der Waals surface area contributed by atoms with Gasteiger partial charge in [-0.25, -0.2) is 14.1 Å². The molecular weight excluding hydrogens is 484 g/mol. The van der Waals surface area contributed by atoms with Gasteiger partial charge in [-0.05, 0) is 83.6 Å². The van der Waals surface area contributed by atoms with E-state index >= 15 is 0 Å². The highest BCUT2D eigenvalue weighted by Crippen LogP contribution is 2.38. The van der Waals surface area contributed by atoms with Crippen LogP contribution in [0.2, 0.25) is 0 Å².